The summed E-state index contributed by atoms with van der Waals surface area (Å²) in [4.78, 5) is 12.6. The van der Waals surface area contributed by atoms with E-state index in [1.807, 2.05) is 0 Å². The van der Waals surface area contributed by atoms with Gasteiger partial charge in [0, 0.05) is 12.2 Å². The second kappa shape index (κ2) is 4.49. The second-order valence-corrected chi connectivity index (χ2v) is 3.90. The monoisotopic (exact) mass is 260 g/mol. The van der Waals surface area contributed by atoms with Crippen molar-refractivity contribution in [2.75, 3.05) is 18.0 Å². The Morgan fingerprint density at radius 2 is 2.17 bits per heavy atom. The highest BCUT2D eigenvalue weighted by molar-refractivity contribution is 5.89. The maximum atomic E-state index is 12.5. The number of benzene rings is 1. The van der Waals surface area contributed by atoms with Crippen LogP contribution < -0.4 is 10.6 Å². The van der Waals surface area contributed by atoms with E-state index in [4.69, 9.17) is 10.5 Å². The molecular formula is C11H11F3N2O2. The van der Waals surface area contributed by atoms with Gasteiger partial charge in [0.1, 0.15) is 6.10 Å². The van der Waals surface area contributed by atoms with Crippen LogP contribution in [0.3, 0.4) is 0 Å². The number of anilines is 1. The number of ether oxygens (including phenoxy) is 1. The molecule has 1 aromatic rings. The fourth-order valence-corrected chi connectivity index (χ4v) is 1.71. The summed E-state index contributed by atoms with van der Waals surface area (Å²) in [7, 11) is 0. The number of hydrogen-bond donors (Lipinski definition) is 1. The van der Waals surface area contributed by atoms with Crippen molar-refractivity contribution in [2.24, 2.45) is 5.73 Å². The Morgan fingerprint density at radius 1 is 1.44 bits per heavy atom. The number of cyclic esters (lactones) is 1. The SMILES string of the molecule is NC[C@@H]1CN(c2cccc(C(F)(F)F)c2)C(=O)O1. The lowest BCUT2D eigenvalue weighted by atomic mass is 10.2. The van der Waals surface area contributed by atoms with E-state index < -0.39 is 23.9 Å². The summed E-state index contributed by atoms with van der Waals surface area (Å²) in [5, 5.41) is 0. The predicted octanol–water partition coefficient (Wildman–Crippen LogP) is 1.99. The van der Waals surface area contributed by atoms with Crippen molar-refractivity contribution in [3.8, 4) is 0 Å². The van der Waals surface area contributed by atoms with Crippen LogP contribution in [0, 0.1) is 0 Å². The minimum absolute atomic E-state index is 0.140. The molecule has 1 saturated heterocycles. The zero-order valence-electron chi connectivity index (χ0n) is 9.28. The van der Waals surface area contributed by atoms with Gasteiger partial charge in [-0.1, -0.05) is 6.07 Å². The third-order valence-electron chi connectivity index (χ3n) is 2.62. The van der Waals surface area contributed by atoms with Crippen molar-refractivity contribution in [1.29, 1.82) is 0 Å². The first-order valence-corrected chi connectivity index (χ1v) is 5.27. The fraction of sp³-hybridized carbons (Fsp3) is 0.364. The second-order valence-electron chi connectivity index (χ2n) is 3.90. The van der Waals surface area contributed by atoms with Gasteiger partial charge in [-0.15, -0.1) is 0 Å². The summed E-state index contributed by atoms with van der Waals surface area (Å²) in [6.45, 7) is 0.303. The van der Waals surface area contributed by atoms with Crippen LogP contribution in [0.25, 0.3) is 0 Å². The summed E-state index contributed by atoms with van der Waals surface area (Å²) in [6, 6.07) is 4.54. The molecule has 1 atom stereocenters. The molecule has 1 aliphatic heterocycles. The average molecular weight is 260 g/mol. The maximum Gasteiger partial charge on any atom is 0.416 e. The molecular weight excluding hydrogens is 249 g/mol. The first-order valence-electron chi connectivity index (χ1n) is 5.27. The summed E-state index contributed by atoms with van der Waals surface area (Å²) in [5.74, 6) is 0. The molecule has 0 saturated carbocycles. The smallest absolute Gasteiger partial charge is 0.416 e. The first-order chi connectivity index (χ1) is 8.41. The van der Waals surface area contributed by atoms with Crippen molar-refractivity contribution < 1.29 is 22.7 Å². The summed E-state index contributed by atoms with van der Waals surface area (Å²) >= 11 is 0. The van der Waals surface area contributed by atoms with Gasteiger partial charge in [-0.3, -0.25) is 4.90 Å². The number of nitrogens with zero attached hydrogens (tertiary/aromatic N) is 1. The van der Waals surface area contributed by atoms with E-state index in [2.05, 4.69) is 0 Å². The molecule has 0 unspecified atom stereocenters. The van der Waals surface area contributed by atoms with Gasteiger partial charge in [0.15, 0.2) is 0 Å². The highest BCUT2D eigenvalue weighted by atomic mass is 19.4. The van der Waals surface area contributed by atoms with Crippen molar-refractivity contribution in [3.63, 3.8) is 0 Å². The Morgan fingerprint density at radius 3 is 2.72 bits per heavy atom. The van der Waals surface area contributed by atoms with Crippen LogP contribution >= 0.6 is 0 Å². The molecule has 0 spiro atoms. The molecule has 1 aromatic carbocycles. The van der Waals surface area contributed by atoms with Crippen molar-refractivity contribution in [2.45, 2.75) is 12.3 Å². The number of carbonyl (C=O) groups excluding carboxylic acids is 1. The molecule has 4 nitrogen and oxygen atoms in total. The Hall–Kier alpha value is -1.76. The van der Waals surface area contributed by atoms with Crippen LogP contribution in [0.4, 0.5) is 23.7 Å². The fourth-order valence-electron chi connectivity index (χ4n) is 1.71. The lowest BCUT2D eigenvalue weighted by Crippen LogP contribution is -2.27. The summed E-state index contributed by atoms with van der Waals surface area (Å²) in [5.41, 5.74) is 4.71. The van der Waals surface area contributed by atoms with Crippen molar-refractivity contribution in [3.05, 3.63) is 29.8 Å². The van der Waals surface area contributed by atoms with Gasteiger partial charge in [-0.2, -0.15) is 13.2 Å². The minimum atomic E-state index is -4.44. The van der Waals surface area contributed by atoms with Gasteiger partial charge < -0.3 is 10.5 Å². The van der Waals surface area contributed by atoms with Crippen molar-refractivity contribution >= 4 is 11.8 Å². The van der Waals surface area contributed by atoms with Crippen LogP contribution in [0.15, 0.2) is 24.3 Å². The third kappa shape index (κ3) is 2.40. The van der Waals surface area contributed by atoms with Gasteiger partial charge in [-0.25, -0.2) is 4.79 Å². The van der Waals surface area contributed by atoms with Crippen LogP contribution in [0.1, 0.15) is 5.56 Å². The van der Waals surface area contributed by atoms with Crippen LogP contribution in [-0.4, -0.2) is 25.3 Å². The topological polar surface area (TPSA) is 55.6 Å². The largest absolute Gasteiger partial charge is 0.443 e. The number of alkyl halides is 3. The molecule has 2 rings (SSSR count). The molecule has 1 amide bonds. The lowest BCUT2D eigenvalue weighted by Gasteiger charge is -2.15. The van der Waals surface area contributed by atoms with Gasteiger partial charge in [0.05, 0.1) is 12.1 Å². The quantitative estimate of drug-likeness (QED) is 0.884. The van der Waals surface area contributed by atoms with Gasteiger partial charge in [-0.05, 0) is 18.2 Å². The number of halogens is 3. The molecule has 0 bridgehead atoms. The number of nitrogens with two attached hydrogens (primary N) is 1. The van der Waals surface area contributed by atoms with E-state index in [1.165, 1.54) is 12.1 Å². The standard InChI is InChI=1S/C11H11F3N2O2/c12-11(13,14)7-2-1-3-8(4-7)16-6-9(5-15)18-10(16)17/h1-4,9H,5-6,15H2/t9-/m1/s1. The van der Waals surface area contributed by atoms with E-state index in [1.54, 1.807) is 0 Å². The normalized spacial score (nSPS) is 20.1. The highest BCUT2D eigenvalue weighted by Crippen LogP contribution is 2.32. The number of rotatable bonds is 2. The van der Waals surface area contributed by atoms with Gasteiger partial charge in [0.2, 0.25) is 0 Å². The third-order valence-corrected chi connectivity index (χ3v) is 2.62. The van der Waals surface area contributed by atoms with Crippen molar-refractivity contribution in [1.82, 2.24) is 0 Å². The lowest BCUT2D eigenvalue weighted by molar-refractivity contribution is -0.137. The Kier molecular flexibility index (Phi) is 3.16. The van der Waals surface area contributed by atoms with E-state index >= 15 is 0 Å². The Bertz CT molecular complexity index is 462. The molecule has 98 valence electrons. The van der Waals surface area contributed by atoms with Crippen LogP contribution in [0.2, 0.25) is 0 Å². The van der Waals surface area contributed by atoms with E-state index in [0.29, 0.717) is 0 Å². The van der Waals surface area contributed by atoms with E-state index in [0.717, 1.165) is 17.0 Å². The van der Waals surface area contributed by atoms with E-state index in [-0.39, 0.29) is 18.8 Å². The molecule has 1 aliphatic rings. The molecule has 0 aromatic heterocycles. The van der Waals surface area contributed by atoms with Crippen LogP contribution in [-0.2, 0) is 10.9 Å². The van der Waals surface area contributed by atoms with Crippen LogP contribution in [0.5, 0.6) is 0 Å². The highest BCUT2D eigenvalue weighted by Gasteiger charge is 2.34. The molecule has 1 heterocycles. The minimum Gasteiger partial charge on any atom is -0.443 e. The molecule has 18 heavy (non-hydrogen) atoms. The molecule has 2 N–H and O–H groups in total. The Labute approximate surface area is 101 Å². The molecule has 1 fully saturated rings. The van der Waals surface area contributed by atoms with Gasteiger partial charge in [0.25, 0.3) is 0 Å². The molecule has 0 radical (unpaired) electrons. The molecule has 7 heteroatoms. The Balaban J connectivity index is 2.27. The zero-order chi connectivity index (χ0) is 13.3. The number of hydrogen-bond acceptors (Lipinski definition) is 3. The zero-order valence-corrected chi connectivity index (χ0v) is 9.28. The van der Waals surface area contributed by atoms with Gasteiger partial charge >= 0.3 is 12.3 Å². The number of carbonyl (C=O) groups is 1. The maximum absolute atomic E-state index is 12.5. The summed E-state index contributed by atoms with van der Waals surface area (Å²) in [6.07, 6.45) is -5.59. The first kappa shape index (κ1) is 12.7. The van der Waals surface area contributed by atoms with E-state index in [9.17, 15) is 18.0 Å². The molecule has 0 aliphatic carbocycles. The average Bonchev–Trinajstić information content (AvgIpc) is 2.70. The predicted molar refractivity (Wildman–Crippen MR) is 58.1 cm³/mol. The number of amides is 1. The summed E-state index contributed by atoms with van der Waals surface area (Å²) < 4.78 is 42.5.